The highest BCUT2D eigenvalue weighted by molar-refractivity contribution is 7.19. The lowest BCUT2D eigenvalue weighted by atomic mass is 10.2. The molecule has 5 rings (SSSR count). The molecule has 0 aliphatic rings. The van der Waals surface area contributed by atoms with Crippen LogP contribution in [0.15, 0.2) is 54.6 Å². The molecule has 7 nitrogen and oxygen atoms in total. The molecule has 0 aliphatic heterocycles. The monoisotopic (exact) mass is 389 g/mol. The maximum Gasteiger partial charge on any atom is 0.235 e. The molecule has 0 spiro atoms. The van der Waals surface area contributed by atoms with Crippen molar-refractivity contribution in [2.45, 2.75) is 0 Å². The summed E-state index contributed by atoms with van der Waals surface area (Å²) < 4.78 is 12.5. The molecule has 0 atom stereocenters. The van der Waals surface area contributed by atoms with Gasteiger partial charge in [0, 0.05) is 11.5 Å². The van der Waals surface area contributed by atoms with Crippen LogP contribution < -0.4 is 9.47 Å². The van der Waals surface area contributed by atoms with Crippen LogP contribution in [0.1, 0.15) is 0 Å². The number of para-hydroxylation sites is 1. The van der Waals surface area contributed by atoms with Crippen LogP contribution in [0, 0.1) is 0 Å². The molecule has 2 aromatic carbocycles. The van der Waals surface area contributed by atoms with Crippen LogP contribution in [0.25, 0.3) is 38.0 Å². The van der Waals surface area contributed by atoms with Crippen molar-refractivity contribution >= 4 is 27.2 Å². The Kier molecular flexibility index (Phi) is 3.91. The number of fused-ring (bicyclic) bond motifs is 2. The van der Waals surface area contributed by atoms with E-state index in [-0.39, 0.29) is 0 Å². The highest BCUT2D eigenvalue weighted by Gasteiger charge is 2.18. The molecule has 3 aromatic heterocycles. The maximum atomic E-state index is 5.51. The molecule has 0 amide bonds. The van der Waals surface area contributed by atoms with Gasteiger partial charge in [0.1, 0.15) is 17.2 Å². The first kappa shape index (κ1) is 16.6. The molecule has 0 bridgehead atoms. The van der Waals surface area contributed by atoms with Crippen molar-refractivity contribution in [2.24, 2.45) is 0 Å². The van der Waals surface area contributed by atoms with Crippen LogP contribution in [0.4, 0.5) is 0 Å². The van der Waals surface area contributed by atoms with Gasteiger partial charge < -0.3 is 9.47 Å². The molecule has 0 N–H and O–H groups in total. The lowest BCUT2D eigenvalue weighted by Gasteiger charge is -2.07. The third-order valence-electron chi connectivity index (χ3n) is 4.46. The van der Waals surface area contributed by atoms with Crippen molar-refractivity contribution in [3.05, 3.63) is 54.6 Å². The summed E-state index contributed by atoms with van der Waals surface area (Å²) >= 11 is 1.44. The summed E-state index contributed by atoms with van der Waals surface area (Å²) in [5.41, 5.74) is 2.50. The summed E-state index contributed by atoms with van der Waals surface area (Å²) in [4.78, 5) is 5.40. The van der Waals surface area contributed by atoms with Crippen molar-refractivity contribution in [1.82, 2.24) is 24.8 Å². The van der Waals surface area contributed by atoms with Crippen LogP contribution in [0.5, 0.6) is 11.5 Å². The summed E-state index contributed by atoms with van der Waals surface area (Å²) in [6, 6.07) is 17.6. The zero-order valence-electron chi connectivity index (χ0n) is 15.2. The van der Waals surface area contributed by atoms with E-state index in [0.29, 0.717) is 16.5 Å². The molecule has 0 fully saturated rings. The summed E-state index contributed by atoms with van der Waals surface area (Å²) in [5.74, 6) is 2.02. The minimum absolute atomic E-state index is 0.607. The highest BCUT2D eigenvalue weighted by Crippen LogP contribution is 2.36. The van der Waals surface area contributed by atoms with E-state index in [1.165, 1.54) is 11.3 Å². The number of pyridine rings is 1. The summed E-state index contributed by atoms with van der Waals surface area (Å²) in [6.07, 6.45) is 0. The van der Waals surface area contributed by atoms with Gasteiger partial charge in [-0.1, -0.05) is 35.6 Å². The van der Waals surface area contributed by atoms with Crippen molar-refractivity contribution in [2.75, 3.05) is 14.2 Å². The Morgan fingerprint density at radius 3 is 2.68 bits per heavy atom. The summed E-state index contributed by atoms with van der Waals surface area (Å²) in [7, 11) is 3.25. The molecule has 0 unspecified atom stereocenters. The predicted molar refractivity (Wildman–Crippen MR) is 108 cm³/mol. The molecule has 0 saturated heterocycles. The third-order valence-corrected chi connectivity index (χ3v) is 5.39. The number of aromatic nitrogens is 5. The molecule has 0 radical (unpaired) electrons. The molecule has 3 heterocycles. The molecule has 28 heavy (non-hydrogen) atoms. The molecule has 138 valence electrons. The van der Waals surface area contributed by atoms with Crippen molar-refractivity contribution in [1.29, 1.82) is 0 Å². The van der Waals surface area contributed by atoms with Gasteiger partial charge in [0.15, 0.2) is 5.01 Å². The summed E-state index contributed by atoms with van der Waals surface area (Å²) in [6.45, 7) is 0. The highest BCUT2D eigenvalue weighted by atomic mass is 32.1. The topological polar surface area (TPSA) is 74.4 Å². The van der Waals surface area contributed by atoms with Crippen LogP contribution >= 0.6 is 11.3 Å². The maximum absolute atomic E-state index is 5.51. The van der Waals surface area contributed by atoms with Crippen LogP contribution in [-0.4, -0.2) is 39.0 Å². The largest absolute Gasteiger partial charge is 0.497 e. The summed E-state index contributed by atoms with van der Waals surface area (Å²) in [5, 5.41) is 15.1. The lowest BCUT2D eigenvalue weighted by Crippen LogP contribution is -1.95. The first-order valence-electron chi connectivity index (χ1n) is 8.57. The van der Waals surface area contributed by atoms with Gasteiger partial charge in [0.2, 0.25) is 10.8 Å². The van der Waals surface area contributed by atoms with E-state index in [2.05, 4.69) is 10.2 Å². The number of ether oxygens (including phenoxy) is 2. The van der Waals surface area contributed by atoms with Crippen molar-refractivity contribution in [3.8, 4) is 33.6 Å². The van der Waals surface area contributed by atoms with Gasteiger partial charge in [-0.05, 0) is 24.3 Å². The van der Waals surface area contributed by atoms with Gasteiger partial charge in [-0.3, -0.25) is 0 Å². The van der Waals surface area contributed by atoms with Gasteiger partial charge in [0.25, 0.3) is 0 Å². The Labute approximate surface area is 164 Å². The number of hydrogen-bond acceptors (Lipinski definition) is 7. The van der Waals surface area contributed by atoms with Gasteiger partial charge in [-0.25, -0.2) is 4.98 Å². The standard InChI is InChI=1S/C20H15N5O2S/c1-26-13-8-9-14(17(11-13)27-2)19-24-25-18(22-23-20(25)28-19)16-10-7-12-5-3-4-6-15(12)21-16/h3-11H,1-2H3. The Morgan fingerprint density at radius 1 is 0.929 bits per heavy atom. The fourth-order valence-corrected chi connectivity index (χ4v) is 3.92. The average Bonchev–Trinajstić information content (AvgIpc) is 3.33. The number of benzene rings is 2. The molecule has 0 saturated carbocycles. The van der Waals surface area contributed by atoms with E-state index < -0.39 is 0 Å². The van der Waals surface area contributed by atoms with E-state index in [1.807, 2.05) is 54.6 Å². The van der Waals surface area contributed by atoms with Crippen LogP contribution in [0.3, 0.4) is 0 Å². The van der Waals surface area contributed by atoms with Crippen molar-refractivity contribution < 1.29 is 9.47 Å². The second-order valence-electron chi connectivity index (χ2n) is 6.08. The van der Waals surface area contributed by atoms with E-state index in [0.717, 1.165) is 32.9 Å². The van der Waals surface area contributed by atoms with E-state index in [1.54, 1.807) is 18.7 Å². The molecule has 0 aliphatic carbocycles. The predicted octanol–water partition coefficient (Wildman–Crippen LogP) is 4.09. The normalized spacial score (nSPS) is 11.2. The fourth-order valence-electron chi connectivity index (χ4n) is 3.05. The van der Waals surface area contributed by atoms with Crippen molar-refractivity contribution in [3.63, 3.8) is 0 Å². The molecular formula is C20H15N5O2S. The number of methoxy groups -OCH3 is 2. The van der Waals surface area contributed by atoms with E-state index in [4.69, 9.17) is 19.6 Å². The number of hydrogen-bond donors (Lipinski definition) is 0. The second kappa shape index (κ2) is 6.58. The number of nitrogens with zero attached hydrogens (tertiary/aromatic N) is 5. The quantitative estimate of drug-likeness (QED) is 0.461. The Hall–Kier alpha value is -3.52. The van der Waals surface area contributed by atoms with E-state index in [9.17, 15) is 0 Å². The Morgan fingerprint density at radius 2 is 1.82 bits per heavy atom. The van der Waals surface area contributed by atoms with E-state index >= 15 is 0 Å². The smallest absolute Gasteiger partial charge is 0.235 e. The van der Waals surface area contributed by atoms with Crippen LogP contribution in [-0.2, 0) is 0 Å². The first-order valence-corrected chi connectivity index (χ1v) is 9.39. The fraction of sp³-hybridized carbons (Fsp3) is 0.100. The van der Waals surface area contributed by atoms with Crippen LogP contribution in [0.2, 0.25) is 0 Å². The second-order valence-corrected chi connectivity index (χ2v) is 7.04. The molecule has 8 heteroatoms. The molecular weight excluding hydrogens is 374 g/mol. The number of rotatable bonds is 4. The average molecular weight is 389 g/mol. The molecule has 5 aromatic rings. The lowest BCUT2D eigenvalue weighted by molar-refractivity contribution is 0.395. The minimum Gasteiger partial charge on any atom is -0.497 e. The van der Waals surface area contributed by atoms with Gasteiger partial charge in [-0.2, -0.15) is 9.61 Å². The zero-order valence-corrected chi connectivity index (χ0v) is 16.0. The van der Waals surface area contributed by atoms with Gasteiger partial charge >= 0.3 is 0 Å². The van der Waals surface area contributed by atoms with Gasteiger partial charge in [-0.15, -0.1) is 10.2 Å². The first-order chi connectivity index (χ1) is 13.8. The minimum atomic E-state index is 0.607. The van der Waals surface area contributed by atoms with Gasteiger partial charge in [0.05, 0.1) is 25.3 Å². The zero-order chi connectivity index (χ0) is 19.1. The SMILES string of the molecule is COc1ccc(-c2nn3c(-c4ccc5ccccc5n4)nnc3s2)c(OC)c1. The Balaban J connectivity index is 1.63. The third kappa shape index (κ3) is 2.66. The Bertz CT molecular complexity index is 1310.